The second kappa shape index (κ2) is 9.61. The average molecular weight is 453 g/mol. The summed E-state index contributed by atoms with van der Waals surface area (Å²) < 4.78 is 24.5. The first-order chi connectivity index (χ1) is 15.5. The van der Waals surface area contributed by atoms with Crippen molar-refractivity contribution in [3.8, 4) is 34.7 Å². The number of fused-ring (bicyclic) bond motifs is 1. The molecule has 1 aliphatic rings. The van der Waals surface area contributed by atoms with Crippen LogP contribution in [0.15, 0.2) is 40.9 Å². The molecule has 1 atom stereocenters. The summed E-state index contributed by atoms with van der Waals surface area (Å²) in [5.41, 5.74) is 4.07. The van der Waals surface area contributed by atoms with Gasteiger partial charge in [0.05, 0.1) is 30.1 Å². The molecule has 0 aliphatic heterocycles. The molecule has 3 aromatic rings. The number of hydrogen-bond acceptors (Lipinski definition) is 7. The Labute approximate surface area is 190 Å². The number of aliphatic hydroxyl groups is 1. The summed E-state index contributed by atoms with van der Waals surface area (Å²) in [6.07, 6.45) is 1.55. The zero-order valence-electron chi connectivity index (χ0n) is 17.9. The Morgan fingerprint density at radius 1 is 1.38 bits per heavy atom. The van der Waals surface area contributed by atoms with E-state index in [1.54, 1.807) is 22.5 Å². The second-order valence-corrected chi connectivity index (χ2v) is 8.49. The molecule has 0 amide bonds. The van der Waals surface area contributed by atoms with Crippen LogP contribution in [0.1, 0.15) is 43.0 Å². The van der Waals surface area contributed by atoms with Crippen LogP contribution in [0.25, 0.3) is 22.8 Å². The molecular formula is C23H24N4O4S. The predicted molar refractivity (Wildman–Crippen MR) is 120 cm³/mol. The molecule has 0 spiro atoms. The van der Waals surface area contributed by atoms with Crippen LogP contribution in [0.5, 0.6) is 5.75 Å². The first-order valence-corrected chi connectivity index (χ1v) is 11.2. The van der Waals surface area contributed by atoms with Crippen molar-refractivity contribution in [3.63, 3.8) is 0 Å². The van der Waals surface area contributed by atoms with Gasteiger partial charge in [-0.15, -0.1) is 0 Å². The van der Waals surface area contributed by atoms with E-state index < -0.39 is 0 Å². The van der Waals surface area contributed by atoms with Crippen molar-refractivity contribution in [2.75, 3.05) is 13.2 Å². The minimum absolute atomic E-state index is 0.0330. The summed E-state index contributed by atoms with van der Waals surface area (Å²) in [5, 5.41) is 22.9. The van der Waals surface area contributed by atoms with Crippen molar-refractivity contribution in [1.29, 1.82) is 5.26 Å². The maximum absolute atomic E-state index is 11.6. The molecule has 0 saturated heterocycles. The van der Waals surface area contributed by atoms with E-state index in [-0.39, 0.29) is 30.6 Å². The molecule has 8 nitrogen and oxygen atoms in total. The fraction of sp³-hybridized carbons (Fsp3) is 0.348. The van der Waals surface area contributed by atoms with Gasteiger partial charge in [-0.1, -0.05) is 23.4 Å². The SMILES string of the molecule is CC(C)Oc1ccc(-c2nc(-c3cccc4c3CC[C@@H]4N(CCO)[SH]=O)no2)cc1C#N. The van der Waals surface area contributed by atoms with E-state index in [1.807, 2.05) is 32.0 Å². The van der Waals surface area contributed by atoms with Gasteiger partial charge >= 0.3 is 0 Å². The molecule has 0 unspecified atom stereocenters. The van der Waals surface area contributed by atoms with Crippen molar-refractivity contribution in [2.24, 2.45) is 0 Å². The third-order valence-electron chi connectivity index (χ3n) is 5.41. The minimum atomic E-state index is -0.107. The summed E-state index contributed by atoms with van der Waals surface area (Å²) in [4.78, 5) is 4.58. The Bertz CT molecular complexity index is 1170. The van der Waals surface area contributed by atoms with Crippen LogP contribution in [0.3, 0.4) is 0 Å². The number of aromatic nitrogens is 2. The van der Waals surface area contributed by atoms with Gasteiger partial charge in [-0.2, -0.15) is 10.2 Å². The van der Waals surface area contributed by atoms with E-state index in [2.05, 4.69) is 16.2 Å². The third kappa shape index (κ3) is 4.30. The lowest BCUT2D eigenvalue weighted by Crippen LogP contribution is -2.26. The van der Waals surface area contributed by atoms with Crippen LogP contribution >= 0.6 is 0 Å². The molecule has 1 heterocycles. The number of aliphatic hydroxyl groups excluding tert-OH is 1. The lowest BCUT2D eigenvalue weighted by Gasteiger charge is -2.22. The van der Waals surface area contributed by atoms with E-state index in [9.17, 15) is 14.6 Å². The maximum Gasteiger partial charge on any atom is 0.258 e. The number of ether oxygens (including phenoxy) is 1. The molecule has 166 valence electrons. The second-order valence-electron chi connectivity index (χ2n) is 7.81. The highest BCUT2D eigenvalue weighted by Crippen LogP contribution is 2.40. The Morgan fingerprint density at radius 2 is 2.22 bits per heavy atom. The molecule has 0 saturated carbocycles. The van der Waals surface area contributed by atoms with E-state index in [0.717, 1.165) is 29.5 Å². The van der Waals surface area contributed by atoms with Crippen molar-refractivity contribution in [3.05, 3.63) is 53.1 Å². The smallest absolute Gasteiger partial charge is 0.258 e. The largest absolute Gasteiger partial charge is 0.490 e. The van der Waals surface area contributed by atoms with Gasteiger partial charge in [-0.3, -0.25) is 0 Å². The van der Waals surface area contributed by atoms with Gasteiger partial charge in [0.15, 0.2) is 0 Å². The van der Waals surface area contributed by atoms with Crippen molar-refractivity contribution in [1.82, 2.24) is 14.4 Å². The van der Waals surface area contributed by atoms with Crippen molar-refractivity contribution >= 4 is 11.9 Å². The summed E-state index contributed by atoms with van der Waals surface area (Å²) >= 11 is -0.107. The van der Waals surface area contributed by atoms with Gasteiger partial charge < -0.3 is 14.4 Å². The predicted octanol–water partition coefficient (Wildman–Crippen LogP) is 3.20. The van der Waals surface area contributed by atoms with Gasteiger partial charge in [-0.25, -0.2) is 8.51 Å². The Balaban J connectivity index is 1.65. The quantitative estimate of drug-likeness (QED) is 0.505. The topological polar surface area (TPSA) is 112 Å². The number of hydrogen-bond donors (Lipinski definition) is 2. The van der Waals surface area contributed by atoms with Gasteiger partial charge in [0.25, 0.3) is 5.89 Å². The highest BCUT2D eigenvalue weighted by molar-refractivity contribution is 7.63. The summed E-state index contributed by atoms with van der Waals surface area (Å²) in [7, 11) is 0. The van der Waals surface area contributed by atoms with Gasteiger partial charge in [0.1, 0.15) is 11.8 Å². The first kappa shape index (κ1) is 22.1. The lowest BCUT2D eigenvalue weighted by molar-refractivity contribution is 0.234. The monoisotopic (exact) mass is 452 g/mol. The number of thiol groups is 1. The molecule has 2 aromatic carbocycles. The van der Waals surface area contributed by atoms with Crippen LogP contribution in [0.4, 0.5) is 0 Å². The minimum Gasteiger partial charge on any atom is -0.490 e. The van der Waals surface area contributed by atoms with Crippen LogP contribution in [0, 0.1) is 11.3 Å². The molecule has 1 N–H and O–H groups in total. The van der Waals surface area contributed by atoms with E-state index in [0.29, 0.717) is 35.1 Å². The van der Waals surface area contributed by atoms with Crippen LogP contribution in [0.2, 0.25) is 0 Å². The molecular weight excluding hydrogens is 428 g/mol. The Hall–Kier alpha value is -3.06. The van der Waals surface area contributed by atoms with Gasteiger partial charge in [0.2, 0.25) is 5.82 Å². The molecule has 0 radical (unpaired) electrons. The summed E-state index contributed by atoms with van der Waals surface area (Å²) in [6, 6.07) is 13.2. The zero-order valence-corrected chi connectivity index (χ0v) is 18.7. The highest BCUT2D eigenvalue weighted by atomic mass is 32.2. The standard InChI is InChI=1S/C23H24N4O4S/c1-14(2)30-21-9-6-15(12-16(21)13-24)23-25-22(26-31-23)19-5-3-4-18-17(19)7-8-20(18)27(32-29)10-11-28/h3-6,9,12,14,20,28,32H,7-8,10-11H2,1-2H3/t20-/m0/s1. The van der Waals surface area contributed by atoms with Crippen molar-refractivity contribution in [2.45, 2.75) is 38.8 Å². The van der Waals surface area contributed by atoms with E-state index >= 15 is 0 Å². The molecule has 32 heavy (non-hydrogen) atoms. The molecule has 1 aromatic heterocycles. The third-order valence-corrected chi connectivity index (χ3v) is 6.10. The van der Waals surface area contributed by atoms with Gasteiger partial charge in [-0.05, 0) is 56.0 Å². The molecule has 4 rings (SSSR count). The Kier molecular flexibility index (Phi) is 6.65. The van der Waals surface area contributed by atoms with Crippen LogP contribution in [-0.2, 0) is 18.3 Å². The molecule has 9 heteroatoms. The van der Waals surface area contributed by atoms with E-state index in [1.165, 1.54) is 0 Å². The van der Waals surface area contributed by atoms with Crippen LogP contribution < -0.4 is 4.74 Å². The summed E-state index contributed by atoms with van der Waals surface area (Å²) in [5.74, 6) is 1.30. The fourth-order valence-corrected chi connectivity index (χ4v) is 4.59. The first-order valence-electron chi connectivity index (χ1n) is 10.4. The molecule has 1 aliphatic carbocycles. The summed E-state index contributed by atoms with van der Waals surface area (Å²) in [6.45, 7) is 4.09. The zero-order chi connectivity index (χ0) is 22.7. The molecule has 0 bridgehead atoms. The Morgan fingerprint density at radius 3 is 2.94 bits per heavy atom. The van der Waals surface area contributed by atoms with E-state index in [4.69, 9.17) is 9.26 Å². The number of benzene rings is 2. The molecule has 0 fully saturated rings. The highest BCUT2D eigenvalue weighted by Gasteiger charge is 2.30. The van der Waals surface area contributed by atoms with Gasteiger partial charge in [0, 0.05) is 23.7 Å². The van der Waals surface area contributed by atoms with Crippen LogP contribution in [-0.4, -0.2) is 43.0 Å². The average Bonchev–Trinajstić information content (AvgIpc) is 3.45. The fourth-order valence-electron chi connectivity index (χ4n) is 4.06. The lowest BCUT2D eigenvalue weighted by atomic mass is 10.0. The number of nitriles is 1. The number of nitrogens with zero attached hydrogens (tertiary/aromatic N) is 4. The van der Waals surface area contributed by atoms with Crippen molar-refractivity contribution < 1.29 is 18.6 Å². The number of rotatable bonds is 8. The normalized spacial score (nSPS) is 15.2. The maximum atomic E-state index is 11.6.